The molecule has 0 atom stereocenters. The van der Waals surface area contributed by atoms with Crippen molar-refractivity contribution in [3.8, 4) is 23.3 Å². The van der Waals surface area contributed by atoms with E-state index in [1.54, 1.807) is 47.6 Å². The average molecular weight is 577 g/mol. The second kappa shape index (κ2) is 12.8. The van der Waals surface area contributed by atoms with Gasteiger partial charge in [-0.3, -0.25) is 9.59 Å². The van der Waals surface area contributed by atoms with Crippen LogP contribution in [0.4, 0.5) is 11.4 Å². The third kappa shape index (κ3) is 6.12. The van der Waals surface area contributed by atoms with Gasteiger partial charge in [-0.25, -0.2) is 0 Å². The number of benzene rings is 2. The first-order valence-corrected chi connectivity index (χ1v) is 13.8. The molecule has 0 aliphatic carbocycles. The summed E-state index contributed by atoms with van der Waals surface area (Å²) in [5.74, 6) is 0.0696. The molecule has 2 aromatic heterocycles. The maximum atomic E-state index is 12.4. The van der Waals surface area contributed by atoms with Gasteiger partial charge in [-0.1, -0.05) is 0 Å². The number of rotatable bonds is 11. The van der Waals surface area contributed by atoms with Gasteiger partial charge in [0.1, 0.15) is 11.5 Å². The van der Waals surface area contributed by atoms with Crippen LogP contribution in [0.3, 0.4) is 0 Å². The summed E-state index contributed by atoms with van der Waals surface area (Å²) in [7, 11) is 3.09. The number of carbonyl (C=O) groups excluding carboxylic acids is 2. The number of amides is 2. The molecule has 0 fully saturated rings. The number of aromatic hydroxyl groups is 2. The second-order valence-electron chi connectivity index (χ2n) is 10.4. The van der Waals surface area contributed by atoms with E-state index in [2.05, 4.69) is 20.5 Å². The molecule has 12 heteroatoms. The van der Waals surface area contributed by atoms with E-state index >= 15 is 0 Å². The third-order valence-corrected chi connectivity index (χ3v) is 6.90. The molecule has 0 aliphatic rings. The molecule has 42 heavy (non-hydrogen) atoms. The number of fused-ring (bicyclic) bond motifs is 2. The molecule has 0 aliphatic heterocycles. The van der Waals surface area contributed by atoms with Crippen molar-refractivity contribution in [2.24, 2.45) is 20.5 Å². The van der Waals surface area contributed by atoms with Gasteiger partial charge in [0.25, 0.3) is 11.8 Å². The maximum absolute atomic E-state index is 12.4. The summed E-state index contributed by atoms with van der Waals surface area (Å²) in [6.45, 7) is 7.72. The molecule has 0 saturated heterocycles. The number of azo groups is 2. The molecule has 0 saturated carbocycles. The highest BCUT2D eigenvalue weighted by Gasteiger charge is 2.21. The predicted molar refractivity (Wildman–Crippen MR) is 159 cm³/mol. The Morgan fingerprint density at radius 3 is 1.43 bits per heavy atom. The van der Waals surface area contributed by atoms with Crippen LogP contribution in [0.2, 0.25) is 0 Å². The Hall–Kier alpha value is -4.74. The van der Waals surface area contributed by atoms with Gasteiger partial charge in [-0.05, 0) is 76.9 Å². The lowest BCUT2D eigenvalue weighted by Gasteiger charge is -2.10. The summed E-state index contributed by atoms with van der Waals surface area (Å²) in [4.78, 5) is 24.8. The van der Waals surface area contributed by atoms with E-state index in [9.17, 15) is 19.8 Å². The van der Waals surface area contributed by atoms with E-state index in [0.29, 0.717) is 35.1 Å². The Balaban J connectivity index is 1.37. The van der Waals surface area contributed by atoms with Crippen molar-refractivity contribution in [3.63, 3.8) is 0 Å². The minimum Gasteiger partial charge on any atom is -0.497 e. The Morgan fingerprint density at radius 1 is 0.714 bits per heavy atom. The van der Waals surface area contributed by atoms with E-state index in [4.69, 9.17) is 9.47 Å². The zero-order valence-electron chi connectivity index (χ0n) is 24.7. The topological polar surface area (TPSA) is 152 Å². The first-order valence-electron chi connectivity index (χ1n) is 13.8. The van der Waals surface area contributed by atoms with Crippen LogP contribution in [0.15, 0.2) is 56.9 Å². The standard InChI is InChI=1S/C30H36N6O6/c1-17(2)35-23-13-11-19(41-5)15-21(23)27(29(35)39)33-31-25(37)9-7-8-10-26(38)32-34-28-22-16-20(42-6)12-14-24(22)36(18(3)4)30(28)40/h11-18,39-40H,7-10H2,1-6H3. The Morgan fingerprint density at radius 2 is 1.10 bits per heavy atom. The van der Waals surface area contributed by atoms with Crippen molar-refractivity contribution < 1.29 is 29.3 Å². The molecule has 2 amide bonds. The number of ether oxygens (including phenoxy) is 2. The molecule has 2 aromatic carbocycles. The zero-order chi connectivity index (χ0) is 30.6. The van der Waals surface area contributed by atoms with Gasteiger partial charge in [0.2, 0.25) is 11.8 Å². The SMILES string of the molecule is COc1ccc2c(c1)c(N=NC(=O)CCCCC(=O)N=Nc1c(O)n(C(C)C)c3ccc(OC)cc13)c(O)n2C(C)C. The summed E-state index contributed by atoms with van der Waals surface area (Å²) in [6, 6.07) is 10.6. The largest absolute Gasteiger partial charge is 0.497 e. The second-order valence-corrected chi connectivity index (χ2v) is 10.4. The van der Waals surface area contributed by atoms with E-state index in [-0.39, 0.29) is 48.1 Å². The molecule has 0 unspecified atom stereocenters. The molecule has 0 bridgehead atoms. The van der Waals surface area contributed by atoms with Crippen molar-refractivity contribution in [1.29, 1.82) is 0 Å². The molecule has 222 valence electrons. The van der Waals surface area contributed by atoms with Crippen molar-refractivity contribution in [2.75, 3.05) is 14.2 Å². The van der Waals surface area contributed by atoms with Crippen molar-refractivity contribution in [1.82, 2.24) is 9.13 Å². The van der Waals surface area contributed by atoms with Gasteiger partial charge in [-0.15, -0.1) is 20.5 Å². The number of nitrogens with zero attached hydrogens (tertiary/aromatic N) is 6. The van der Waals surface area contributed by atoms with E-state index in [0.717, 1.165) is 11.0 Å². The van der Waals surface area contributed by atoms with Crippen molar-refractivity contribution in [3.05, 3.63) is 36.4 Å². The quantitative estimate of drug-likeness (QED) is 0.138. The fourth-order valence-corrected chi connectivity index (χ4v) is 4.89. The van der Waals surface area contributed by atoms with E-state index in [1.165, 1.54) is 0 Å². The number of methoxy groups -OCH3 is 2. The van der Waals surface area contributed by atoms with Gasteiger partial charge >= 0.3 is 0 Å². The summed E-state index contributed by atoms with van der Waals surface area (Å²) >= 11 is 0. The fourth-order valence-electron chi connectivity index (χ4n) is 4.89. The van der Waals surface area contributed by atoms with Crippen LogP contribution < -0.4 is 9.47 Å². The summed E-state index contributed by atoms with van der Waals surface area (Å²) in [5, 5.41) is 38.5. The minimum atomic E-state index is -0.475. The summed E-state index contributed by atoms with van der Waals surface area (Å²) in [6.07, 6.45) is 0.927. The highest BCUT2D eigenvalue weighted by molar-refractivity contribution is 5.97. The first kappa shape index (κ1) is 30.2. The number of unbranched alkanes of at least 4 members (excludes halogenated alkanes) is 1. The predicted octanol–water partition coefficient (Wildman–Crippen LogP) is 7.67. The molecule has 0 radical (unpaired) electrons. The van der Waals surface area contributed by atoms with Crippen LogP contribution in [0.5, 0.6) is 23.3 Å². The van der Waals surface area contributed by atoms with Crippen LogP contribution >= 0.6 is 0 Å². The van der Waals surface area contributed by atoms with Gasteiger partial charge in [0.15, 0.2) is 11.4 Å². The normalized spacial score (nSPS) is 12.1. The van der Waals surface area contributed by atoms with Crippen LogP contribution in [0.25, 0.3) is 21.8 Å². The van der Waals surface area contributed by atoms with E-state index in [1.807, 2.05) is 39.8 Å². The number of carbonyl (C=O) groups is 2. The lowest BCUT2D eigenvalue weighted by Crippen LogP contribution is -1.99. The molecular weight excluding hydrogens is 540 g/mol. The smallest absolute Gasteiger partial charge is 0.264 e. The van der Waals surface area contributed by atoms with Gasteiger partial charge in [-0.2, -0.15) is 0 Å². The van der Waals surface area contributed by atoms with Crippen LogP contribution in [-0.2, 0) is 9.59 Å². The number of aromatic nitrogens is 2. The number of hydrogen-bond acceptors (Lipinski definition) is 8. The Kier molecular flexibility index (Phi) is 9.24. The Labute approximate surface area is 243 Å². The third-order valence-electron chi connectivity index (χ3n) is 6.90. The fraction of sp³-hybridized carbons (Fsp3) is 0.400. The van der Waals surface area contributed by atoms with Crippen LogP contribution in [0, 0.1) is 0 Å². The summed E-state index contributed by atoms with van der Waals surface area (Å²) in [5.41, 5.74) is 1.89. The molecule has 2 heterocycles. The van der Waals surface area contributed by atoms with Crippen molar-refractivity contribution >= 4 is 45.0 Å². The maximum Gasteiger partial charge on any atom is 0.264 e. The van der Waals surface area contributed by atoms with Crippen LogP contribution in [0.1, 0.15) is 65.5 Å². The Bertz CT molecular complexity index is 1560. The van der Waals surface area contributed by atoms with Crippen LogP contribution in [-0.4, -0.2) is 45.4 Å². The molecule has 0 spiro atoms. The number of hydrogen-bond donors (Lipinski definition) is 2. The monoisotopic (exact) mass is 576 g/mol. The first-order chi connectivity index (χ1) is 20.1. The summed E-state index contributed by atoms with van der Waals surface area (Å²) < 4.78 is 14.0. The molecule has 12 nitrogen and oxygen atoms in total. The molecular formula is C30H36N6O6. The molecule has 2 N–H and O–H groups in total. The molecule has 4 aromatic rings. The lowest BCUT2D eigenvalue weighted by atomic mass is 10.2. The molecule has 4 rings (SSSR count). The zero-order valence-corrected chi connectivity index (χ0v) is 24.7. The highest BCUT2D eigenvalue weighted by Crippen LogP contribution is 2.43. The van der Waals surface area contributed by atoms with Gasteiger partial charge < -0.3 is 28.8 Å². The highest BCUT2D eigenvalue weighted by atomic mass is 16.5. The van der Waals surface area contributed by atoms with Gasteiger partial charge in [0.05, 0.1) is 25.3 Å². The van der Waals surface area contributed by atoms with Gasteiger partial charge in [0, 0.05) is 35.7 Å². The minimum absolute atomic E-state index is 0.0455. The van der Waals surface area contributed by atoms with E-state index < -0.39 is 11.8 Å². The van der Waals surface area contributed by atoms with Crippen molar-refractivity contribution in [2.45, 2.75) is 65.5 Å². The lowest BCUT2D eigenvalue weighted by molar-refractivity contribution is -0.120. The average Bonchev–Trinajstić information content (AvgIpc) is 3.40.